The Morgan fingerprint density at radius 3 is 2.67 bits per heavy atom. The van der Waals surface area contributed by atoms with Gasteiger partial charge >= 0.3 is 0 Å². The molecule has 1 atom stereocenters. The zero-order chi connectivity index (χ0) is 21.1. The number of morpholine rings is 1. The van der Waals surface area contributed by atoms with E-state index in [2.05, 4.69) is 10.2 Å². The molecular weight excluding hydrogens is 402 g/mol. The summed E-state index contributed by atoms with van der Waals surface area (Å²) < 4.78 is 5.43. The van der Waals surface area contributed by atoms with Crippen molar-refractivity contribution in [3.63, 3.8) is 0 Å². The highest BCUT2D eigenvalue weighted by Crippen LogP contribution is 2.36. The minimum absolute atomic E-state index is 0.102. The molecule has 1 N–H and O–H groups in total. The van der Waals surface area contributed by atoms with Crippen LogP contribution in [0.15, 0.2) is 48.7 Å². The molecule has 1 unspecified atom stereocenters. The highest BCUT2D eigenvalue weighted by Gasteiger charge is 2.29. The molecule has 156 valence electrons. The standard InChI is InChI=1S/C23H24ClN3O3/c1-16(28)27-10-9-17-5-2-3-6-18(17)21(27)15-22(29)25-20-8-4-7-19(24)23(20)26-11-13-30-14-12-26/h2-10,21H,11-15H2,1H3,(H,25,29). The van der Waals surface area contributed by atoms with E-state index in [-0.39, 0.29) is 24.3 Å². The van der Waals surface area contributed by atoms with Crippen LogP contribution in [0.3, 0.4) is 0 Å². The maximum absolute atomic E-state index is 13.0. The summed E-state index contributed by atoms with van der Waals surface area (Å²) >= 11 is 6.47. The third-order valence-electron chi connectivity index (χ3n) is 5.44. The van der Waals surface area contributed by atoms with Crippen LogP contribution in [0, 0.1) is 0 Å². The average molecular weight is 426 g/mol. The number of ether oxygens (including phenoxy) is 1. The van der Waals surface area contributed by atoms with Crippen LogP contribution in [-0.4, -0.2) is 43.0 Å². The molecule has 30 heavy (non-hydrogen) atoms. The number of hydrogen-bond donors (Lipinski definition) is 1. The zero-order valence-electron chi connectivity index (χ0n) is 16.8. The maximum atomic E-state index is 13.0. The number of halogens is 1. The van der Waals surface area contributed by atoms with Crippen molar-refractivity contribution >= 4 is 40.9 Å². The van der Waals surface area contributed by atoms with Crippen LogP contribution < -0.4 is 10.2 Å². The molecule has 1 fully saturated rings. The lowest BCUT2D eigenvalue weighted by Crippen LogP contribution is -2.37. The molecule has 2 aliphatic rings. The third-order valence-corrected chi connectivity index (χ3v) is 5.74. The molecule has 2 aromatic carbocycles. The monoisotopic (exact) mass is 425 g/mol. The largest absolute Gasteiger partial charge is 0.378 e. The summed E-state index contributed by atoms with van der Waals surface area (Å²) in [5.74, 6) is -0.275. The van der Waals surface area contributed by atoms with Gasteiger partial charge in [0, 0.05) is 26.2 Å². The Hall–Kier alpha value is -2.83. The first-order valence-electron chi connectivity index (χ1n) is 10.0. The van der Waals surface area contributed by atoms with Gasteiger partial charge in [-0.05, 0) is 29.3 Å². The number of nitrogens with one attached hydrogen (secondary N) is 1. The lowest BCUT2D eigenvalue weighted by Gasteiger charge is -2.33. The number of anilines is 2. The van der Waals surface area contributed by atoms with E-state index in [4.69, 9.17) is 16.3 Å². The van der Waals surface area contributed by atoms with Crippen molar-refractivity contribution in [3.05, 3.63) is 64.8 Å². The number of para-hydroxylation sites is 1. The van der Waals surface area contributed by atoms with Crippen LogP contribution in [0.4, 0.5) is 11.4 Å². The predicted molar refractivity (Wildman–Crippen MR) is 118 cm³/mol. The normalized spacial score (nSPS) is 18.1. The summed E-state index contributed by atoms with van der Waals surface area (Å²) in [4.78, 5) is 29.0. The molecule has 2 aromatic rings. The van der Waals surface area contributed by atoms with E-state index < -0.39 is 0 Å². The van der Waals surface area contributed by atoms with Gasteiger partial charge in [0.2, 0.25) is 11.8 Å². The van der Waals surface area contributed by atoms with Gasteiger partial charge < -0.3 is 19.9 Å². The molecule has 0 radical (unpaired) electrons. The van der Waals surface area contributed by atoms with Crippen LogP contribution in [0.2, 0.25) is 5.02 Å². The van der Waals surface area contributed by atoms with Gasteiger partial charge in [0.25, 0.3) is 0 Å². The second-order valence-electron chi connectivity index (χ2n) is 7.37. The van der Waals surface area contributed by atoms with Crippen LogP contribution in [0.25, 0.3) is 6.08 Å². The number of benzene rings is 2. The number of carbonyl (C=O) groups excluding carboxylic acids is 2. The Bertz CT molecular complexity index is 985. The summed E-state index contributed by atoms with van der Waals surface area (Å²) in [6.45, 7) is 4.18. The molecule has 0 spiro atoms. The van der Waals surface area contributed by atoms with E-state index in [1.165, 1.54) is 6.92 Å². The molecule has 4 rings (SSSR count). The van der Waals surface area contributed by atoms with Crippen LogP contribution >= 0.6 is 11.6 Å². The fraction of sp³-hybridized carbons (Fsp3) is 0.304. The number of fused-ring (bicyclic) bond motifs is 1. The Morgan fingerprint density at radius 2 is 1.90 bits per heavy atom. The summed E-state index contributed by atoms with van der Waals surface area (Å²) in [5, 5.41) is 3.61. The van der Waals surface area contributed by atoms with Gasteiger partial charge in [0.05, 0.1) is 42.1 Å². The average Bonchev–Trinajstić information content (AvgIpc) is 2.74. The van der Waals surface area contributed by atoms with Gasteiger partial charge in [-0.25, -0.2) is 0 Å². The molecule has 2 aliphatic heterocycles. The van der Waals surface area contributed by atoms with Crippen molar-refractivity contribution in [3.8, 4) is 0 Å². The summed E-state index contributed by atoms with van der Waals surface area (Å²) in [5.41, 5.74) is 3.46. The molecule has 6 nitrogen and oxygen atoms in total. The molecule has 2 heterocycles. The molecular formula is C23H24ClN3O3. The number of carbonyl (C=O) groups is 2. The van der Waals surface area contributed by atoms with Gasteiger partial charge in [-0.3, -0.25) is 9.59 Å². The Labute approximate surface area is 181 Å². The first-order valence-corrected chi connectivity index (χ1v) is 10.4. The van der Waals surface area contributed by atoms with Crippen LogP contribution in [0.5, 0.6) is 0 Å². The predicted octanol–water partition coefficient (Wildman–Crippen LogP) is 4.08. The van der Waals surface area contributed by atoms with Crippen molar-refractivity contribution in [2.45, 2.75) is 19.4 Å². The van der Waals surface area contributed by atoms with Crippen LogP contribution in [0.1, 0.15) is 30.5 Å². The summed E-state index contributed by atoms with van der Waals surface area (Å²) in [7, 11) is 0. The highest BCUT2D eigenvalue weighted by atomic mass is 35.5. The first kappa shape index (κ1) is 20.4. The van der Waals surface area contributed by atoms with E-state index in [0.29, 0.717) is 37.0 Å². The Balaban J connectivity index is 1.57. The van der Waals surface area contributed by atoms with Crippen molar-refractivity contribution < 1.29 is 14.3 Å². The molecule has 0 bridgehead atoms. The Morgan fingerprint density at radius 1 is 1.13 bits per heavy atom. The van der Waals surface area contributed by atoms with Gasteiger partial charge in [-0.1, -0.05) is 41.9 Å². The van der Waals surface area contributed by atoms with E-state index in [1.54, 1.807) is 11.1 Å². The third kappa shape index (κ3) is 4.20. The van der Waals surface area contributed by atoms with Gasteiger partial charge in [0.15, 0.2) is 0 Å². The van der Waals surface area contributed by atoms with Gasteiger partial charge in [-0.2, -0.15) is 0 Å². The molecule has 0 aliphatic carbocycles. The van der Waals surface area contributed by atoms with E-state index >= 15 is 0 Å². The summed E-state index contributed by atoms with van der Waals surface area (Å²) in [6.07, 6.45) is 3.80. The van der Waals surface area contributed by atoms with E-state index in [1.807, 2.05) is 48.5 Å². The van der Waals surface area contributed by atoms with Crippen molar-refractivity contribution in [1.29, 1.82) is 0 Å². The smallest absolute Gasteiger partial charge is 0.226 e. The molecule has 0 aromatic heterocycles. The van der Waals surface area contributed by atoms with Gasteiger partial charge in [0.1, 0.15) is 0 Å². The molecule has 7 heteroatoms. The Kier molecular flexibility index (Phi) is 6.06. The molecule has 0 saturated carbocycles. The minimum Gasteiger partial charge on any atom is -0.378 e. The lowest BCUT2D eigenvalue weighted by molar-refractivity contribution is -0.129. The second-order valence-corrected chi connectivity index (χ2v) is 7.78. The highest BCUT2D eigenvalue weighted by molar-refractivity contribution is 6.34. The number of nitrogens with zero attached hydrogens (tertiary/aromatic N) is 2. The molecule has 2 amide bonds. The molecule has 1 saturated heterocycles. The number of hydrogen-bond acceptors (Lipinski definition) is 4. The quantitative estimate of drug-likeness (QED) is 0.801. The van der Waals surface area contributed by atoms with Crippen molar-refractivity contribution in [1.82, 2.24) is 4.90 Å². The lowest BCUT2D eigenvalue weighted by atomic mass is 9.93. The first-order chi connectivity index (χ1) is 14.5. The zero-order valence-corrected chi connectivity index (χ0v) is 17.6. The maximum Gasteiger partial charge on any atom is 0.226 e. The fourth-order valence-corrected chi connectivity index (χ4v) is 4.31. The van der Waals surface area contributed by atoms with E-state index in [9.17, 15) is 9.59 Å². The van der Waals surface area contributed by atoms with Crippen molar-refractivity contribution in [2.75, 3.05) is 36.5 Å². The van der Waals surface area contributed by atoms with E-state index in [0.717, 1.165) is 16.8 Å². The fourth-order valence-electron chi connectivity index (χ4n) is 4.01. The minimum atomic E-state index is -0.352. The second kappa shape index (κ2) is 8.90. The number of rotatable bonds is 4. The van der Waals surface area contributed by atoms with Crippen molar-refractivity contribution in [2.24, 2.45) is 0 Å². The summed E-state index contributed by atoms with van der Waals surface area (Å²) in [6, 6.07) is 13.0. The van der Waals surface area contributed by atoms with Gasteiger partial charge in [-0.15, -0.1) is 0 Å². The van der Waals surface area contributed by atoms with Crippen LogP contribution in [-0.2, 0) is 14.3 Å². The SMILES string of the molecule is CC(=O)N1C=Cc2ccccc2C1CC(=O)Nc1cccc(Cl)c1N1CCOCC1. The topological polar surface area (TPSA) is 61.9 Å². The number of amides is 2.